The molecule has 32 heavy (non-hydrogen) atoms. The molecule has 0 atom stereocenters. The summed E-state index contributed by atoms with van der Waals surface area (Å²) in [5, 5.41) is 10.5. The molecule has 0 fully saturated rings. The first-order chi connectivity index (χ1) is 15.6. The zero-order valence-electron chi connectivity index (χ0n) is 17.2. The van der Waals surface area contributed by atoms with E-state index in [0.717, 1.165) is 22.5 Å². The molecule has 8 heteroatoms. The van der Waals surface area contributed by atoms with E-state index >= 15 is 4.39 Å². The number of aromatic amines is 1. The Kier molecular flexibility index (Phi) is 4.87. The summed E-state index contributed by atoms with van der Waals surface area (Å²) in [6.07, 6.45) is 9.88. The molecule has 0 unspecified atom stereocenters. The Morgan fingerprint density at radius 3 is 2.44 bits per heavy atom. The second-order valence-corrected chi connectivity index (χ2v) is 7.20. The SMILES string of the molecule is C=C(Nc1ccnc(-c2cccnc2)c1C)c1[nH]nc2ncc(-c3cccnc3)c(F)c12. The molecule has 7 nitrogen and oxygen atoms in total. The maximum atomic E-state index is 15.5. The van der Waals surface area contributed by atoms with Crippen LogP contribution in [0.4, 0.5) is 10.1 Å². The number of nitrogens with zero attached hydrogens (tertiary/aromatic N) is 5. The number of H-pyrrole nitrogens is 1. The third kappa shape index (κ3) is 3.37. The van der Waals surface area contributed by atoms with Crippen molar-refractivity contribution < 1.29 is 4.39 Å². The van der Waals surface area contributed by atoms with Gasteiger partial charge in [0.2, 0.25) is 0 Å². The van der Waals surface area contributed by atoms with Crippen LogP contribution in [0.2, 0.25) is 0 Å². The number of anilines is 1. The lowest BCUT2D eigenvalue weighted by atomic mass is 10.1. The smallest absolute Gasteiger partial charge is 0.184 e. The van der Waals surface area contributed by atoms with Gasteiger partial charge < -0.3 is 5.32 Å². The molecule has 2 N–H and O–H groups in total. The summed E-state index contributed by atoms with van der Waals surface area (Å²) in [7, 11) is 0. The first-order valence-corrected chi connectivity index (χ1v) is 9.88. The van der Waals surface area contributed by atoms with Gasteiger partial charge in [-0.05, 0) is 36.8 Å². The fourth-order valence-electron chi connectivity index (χ4n) is 3.58. The van der Waals surface area contributed by atoms with Crippen LogP contribution in [0.25, 0.3) is 39.1 Å². The second-order valence-electron chi connectivity index (χ2n) is 7.20. The van der Waals surface area contributed by atoms with E-state index in [4.69, 9.17) is 0 Å². The van der Waals surface area contributed by atoms with E-state index in [2.05, 4.69) is 42.0 Å². The Morgan fingerprint density at radius 1 is 0.969 bits per heavy atom. The summed E-state index contributed by atoms with van der Waals surface area (Å²) < 4.78 is 15.5. The Labute approximate surface area is 183 Å². The van der Waals surface area contributed by atoms with Gasteiger partial charge >= 0.3 is 0 Å². The molecule has 0 aromatic carbocycles. The molecule has 0 amide bonds. The van der Waals surface area contributed by atoms with E-state index in [1.807, 2.05) is 25.1 Å². The summed E-state index contributed by atoms with van der Waals surface area (Å²) in [4.78, 5) is 17.0. The lowest BCUT2D eigenvalue weighted by molar-refractivity contribution is 0.641. The van der Waals surface area contributed by atoms with Crippen molar-refractivity contribution >= 4 is 22.4 Å². The average molecular weight is 423 g/mol. The van der Waals surface area contributed by atoms with Gasteiger partial charge in [-0.3, -0.25) is 20.1 Å². The highest BCUT2D eigenvalue weighted by molar-refractivity contribution is 5.94. The average Bonchev–Trinajstić information content (AvgIpc) is 3.27. The second kappa shape index (κ2) is 7.99. The predicted molar refractivity (Wildman–Crippen MR) is 122 cm³/mol. The fourth-order valence-corrected chi connectivity index (χ4v) is 3.58. The molecule has 0 saturated heterocycles. The maximum absolute atomic E-state index is 15.5. The van der Waals surface area contributed by atoms with Crippen molar-refractivity contribution in [3.63, 3.8) is 0 Å². The van der Waals surface area contributed by atoms with Crippen LogP contribution in [-0.2, 0) is 0 Å². The number of pyridine rings is 4. The summed E-state index contributed by atoms with van der Waals surface area (Å²) in [6.45, 7) is 6.06. The van der Waals surface area contributed by atoms with Crippen molar-refractivity contribution in [1.29, 1.82) is 0 Å². The molecule has 5 heterocycles. The largest absolute Gasteiger partial charge is 0.354 e. The molecular formula is C24H18FN7. The monoisotopic (exact) mass is 423 g/mol. The van der Waals surface area contributed by atoms with Crippen molar-refractivity contribution in [2.45, 2.75) is 6.92 Å². The third-order valence-electron chi connectivity index (χ3n) is 5.22. The number of aromatic nitrogens is 6. The molecule has 5 aromatic rings. The molecule has 156 valence electrons. The third-order valence-corrected chi connectivity index (χ3v) is 5.22. The van der Waals surface area contributed by atoms with Gasteiger partial charge in [-0.15, -0.1) is 0 Å². The summed E-state index contributed by atoms with van der Waals surface area (Å²) in [5.74, 6) is -0.433. The predicted octanol–water partition coefficient (Wildman–Crippen LogP) is 5.01. The van der Waals surface area contributed by atoms with Crippen LogP contribution in [0, 0.1) is 12.7 Å². The van der Waals surface area contributed by atoms with Gasteiger partial charge in [0.15, 0.2) is 5.65 Å². The van der Waals surface area contributed by atoms with Crippen LogP contribution in [0.1, 0.15) is 11.3 Å². The Hall–Kier alpha value is -4.46. The van der Waals surface area contributed by atoms with Gasteiger partial charge in [-0.1, -0.05) is 12.6 Å². The maximum Gasteiger partial charge on any atom is 0.184 e. The molecule has 0 spiro atoms. The van der Waals surface area contributed by atoms with E-state index in [-0.39, 0.29) is 11.0 Å². The number of hydrogen-bond donors (Lipinski definition) is 2. The van der Waals surface area contributed by atoms with Gasteiger partial charge in [-0.25, -0.2) is 9.37 Å². The fraction of sp³-hybridized carbons (Fsp3) is 0.0417. The Balaban J connectivity index is 1.53. The van der Waals surface area contributed by atoms with Crippen LogP contribution >= 0.6 is 0 Å². The summed E-state index contributed by atoms with van der Waals surface area (Å²) in [6, 6.07) is 9.19. The van der Waals surface area contributed by atoms with Crippen molar-refractivity contribution in [3.05, 3.63) is 91.2 Å². The van der Waals surface area contributed by atoms with Crippen molar-refractivity contribution in [3.8, 4) is 22.4 Å². The molecule has 0 bridgehead atoms. The number of fused-ring (bicyclic) bond motifs is 1. The van der Waals surface area contributed by atoms with Gasteiger partial charge in [0, 0.05) is 59.6 Å². The molecule has 5 rings (SSSR count). The number of hydrogen-bond acceptors (Lipinski definition) is 6. The first-order valence-electron chi connectivity index (χ1n) is 9.88. The lowest BCUT2D eigenvalue weighted by Gasteiger charge is -2.14. The molecule has 0 aliphatic rings. The highest BCUT2D eigenvalue weighted by Gasteiger charge is 2.19. The zero-order valence-corrected chi connectivity index (χ0v) is 17.2. The molecule has 0 aliphatic heterocycles. The topological polar surface area (TPSA) is 92.3 Å². The van der Waals surface area contributed by atoms with Crippen LogP contribution in [0.5, 0.6) is 0 Å². The first kappa shape index (κ1) is 19.5. The van der Waals surface area contributed by atoms with Gasteiger partial charge in [-0.2, -0.15) is 5.10 Å². The quantitative estimate of drug-likeness (QED) is 0.413. The Morgan fingerprint density at radius 2 is 1.72 bits per heavy atom. The van der Waals surface area contributed by atoms with Crippen LogP contribution in [0.3, 0.4) is 0 Å². The van der Waals surface area contributed by atoms with Crippen LogP contribution < -0.4 is 5.32 Å². The molecule has 0 radical (unpaired) electrons. The highest BCUT2D eigenvalue weighted by Crippen LogP contribution is 2.32. The zero-order chi connectivity index (χ0) is 22.1. The van der Waals surface area contributed by atoms with Crippen molar-refractivity contribution in [2.75, 3.05) is 5.32 Å². The van der Waals surface area contributed by atoms with E-state index in [9.17, 15) is 0 Å². The lowest BCUT2D eigenvalue weighted by Crippen LogP contribution is -2.03. The molecule has 0 saturated carbocycles. The van der Waals surface area contributed by atoms with E-state index in [1.165, 1.54) is 6.20 Å². The molecule has 0 aliphatic carbocycles. The minimum Gasteiger partial charge on any atom is -0.354 e. The van der Waals surface area contributed by atoms with Gasteiger partial charge in [0.25, 0.3) is 0 Å². The van der Waals surface area contributed by atoms with Gasteiger partial charge in [0.1, 0.15) is 5.82 Å². The van der Waals surface area contributed by atoms with Crippen LogP contribution in [0.15, 0.2) is 74.1 Å². The number of rotatable bonds is 5. The van der Waals surface area contributed by atoms with Crippen LogP contribution in [-0.4, -0.2) is 30.1 Å². The molecular weight excluding hydrogens is 405 g/mol. The standard InChI is InChI=1S/C24H18FN7/c1-14-19(7-10-28-22(14)17-6-4-9-27-12-17)30-15(2)23-20-21(25)18(13-29-24(20)32-31-23)16-5-3-8-26-11-16/h3-13H,2H2,1H3,(H,28,30)(H,29,31,32). The summed E-state index contributed by atoms with van der Waals surface area (Å²) in [5.41, 5.74) is 5.56. The van der Waals surface area contributed by atoms with E-state index in [1.54, 1.807) is 43.1 Å². The minimum atomic E-state index is -0.433. The van der Waals surface area contributed by atoms with Crippen molar-refractivity contribution in [1.82, 2.24) is 30.1 Å². The molecule has 5 aromatic heterocycles. The van der Waals surface area contributed by atoms with E-state index < -0.39 is 5.82 Å². The number of nitrogens with one attached hydrogen (secondary N) is 2. The summed E-state index contributed by atoms with van der Waals surface area (Å²) >= 11 is 0. The van der Waals surface area contributed by atoms with Gasteiger partial charge in [0.05, 0.1) is 22.5 Å². The van der Waals surface area contributed by atoms with E-state index in [0.29, 0.717) is 22.5 Å². The normalized spacial score (nSPS) is 10.9. The Bertz CT molecular complexity index is 1430. The minimum absolute atomic E-state index is 0.267. The van der Waals surface area contributed by atoms with Crippen molar-refractivity contribution in [2.24, 2.45) is 0 Å². The number of halogens is 1. The highest BCUT2D eigenvalue weighted by atomic mass is 19.1.